The van der Waals surface area contributed by atoms with E-state index in [1.807, 2.05) is 44.2 Å². The molecule has 2 aromatic heterocycles. The summed E-state index contributed by atoms with van der Waals surface area (Å²) in [5.74, 6) is -2.24. The molecule has 0 spiro atoms. The van der Waals surface area contributed by atoms with Gasteiger partial charge >= 0.3 is 11.9 Å². The zero-order chi connectivity index (χ0) is 24.4. The second kappa shape index (κ2) is 9.49. The number of aromatic nitrogens is 2. The van der Waals surface area contributed by atoms with E-state index in [0.29, 0.717) is 34.6 Å². The van der Waals surface area contributed by atoms with Gasteiger partial charge in [0, 0.05) is 0 Å². The summed E-state index contributed by atoms with van der Waals surface area (Å²) in [5, 5.41) is 31.1. The van der Waals surface area contributed by atoms with Crippen molar-refractivity contribution in [2.45, 2.75) is 39.2 Å². The van der Waals surface area contributed by atoms with Crippen molar-refractivity contribution in [3.63, 3.8) is 0 Å². The van der Waals surface area contributed by atoms with E-state index in [1.54, 1.807) is 24.3 Å². The number of aliphatic hydroxyl groups excluding tert-OH is 1. The maximum absolute atomic E-state index is 12.2. The summed E-state index contributed by atoms with van der Waals surface area (Å²) in [5.41, 5.74) is 3.77. The average Bonchev–Trinajstić information content (AvgIpc) is 3.23. The van der Waals surface area contributed by atoms with Crippen LogP contribution in [0.5, 0.6) is 0 Å². The van der Waals surface area contributed by atoms with E-state index in [1.165, 1.54) is 10.5 Å². The molecule has 0 bridgehead atoms. The molecule has 4 aromatic rings. The van der Waals surface area contributed by atoms with Gasteiger partial charge in [-0.25, -0.2) is 14.6 Å². The lowest BCUT2D eigenvalue weighted by molar-refractivity contribution is 0.0680. The van der Waals surface area contributed by atoms with Crippen LogP contribution in [0.4, 0.5) is 0 Å². The summed E-state index contributed by atoms with van der Waals surface area (Å²) in [4.78, 5) is 28.8. The van der Waals surface area contributed by atoms with Crippen LogP contribution in [0.1, 0.15) is 69.2 Å². The fraction of sp³-hybridized carbons (Fsp3) is 0.222. The van der Waals surface area contributed by atoms with E-state index in [9.17, 15) is 24.9 Å². The van der Waals surface area contributed by atoms with Gasteiger partial charge in [-0.05, 0) is 54.2 Å². The van der Waals surface area contributed by atoms with Crippen molar-refractivity contribution < 1.29 is 24.9 Å². The van der Waals surface area contributed by atoms with Gasteiger partial charge in [0.05, 0.1) is 17.0 Å². The van der Waals surface area contributed by atoms with Crippen molar-refractivity contribution in [1.29, 1.82) is 0 Å². The smallest absolute Gasteiger partial charge is 0.354 e. The lowest BCUT2D eigenvalue weighted by Gasteiger charge is -2.17. The normalized spacial score (nSPS) is 12.1. The Morgan fingerprint density at radius 3 is 2.38 bits per heavy atom. The van der Waals surface area contributed by atoms with E-state index in [4.69, 9.17) is 0 Å². The molecule has 1 unspecified atom stereocenters. The Morgan fingerprint density at radius 2 is 1.74 bits per heavy atom. The van der Waals surface area contributed by atoms with Gasteiger partial charge in [0.15, 0.2) is 5.69 Å². The molecule has 2 aromatic carbocycles. The van der Waals surface area contributed by atoms with Gasteiger partial charge in [0.2, 0.25) is 0 Å². The molecule has 0 saturated heterocycles. The topological polar surface area (TPSA) is 112 Å². The molecule has 1 atom stereocenters. The van der Waals surface area contributed by atoms with E-state index in [0.717, 1.165) is 24.0 Å². The number of carboxylic acid groups (broad SMARTS) is 2. The molecule has 2 heterocycles. The molecule has 0 radical (unpaired) electrons. The molecule has 0 aliphatic heterocycles. The van der Waals surface area contributed by atoms with Gasteiger partial charge in [-0.1, -0.05) is 61.9 Å². The van der Waals surface area contributed by atoms with Gasteiger partial charge in [-0.15, -0.1) is 0 Å². The lowest BCUT2D eigenvalue weighted by Crippen LogP contribution is -2.13. The maximum Gasteiger partial charge on any atom is 0.354 e. The van der Waals surface area contributed by atoms with Crippen LogP contribution in [-0.2, 0) is 6.42 Å². The van der Waals surface area contributed by atoms with Crippen LogP contribution in [0.2, 0.25) is 0 Å². The molecule has 4 rings (SSSR count). The van der Waals surface area contributed by atoms with Crippen LogP contribution in [0.25, 0.3) is 16.8 Å². The van der Waals surface area contributed by atoms with Crippen LogP contribution in [0.3, 0.4) is 0 Å². The summed E-state index contributed by atoms with van der Waals surface area (Å²) in [6.45, 7) is 3.86. The molecule has 0 aliphatic rings. The maximum atomic E-state index is 12.2. The van der Waals surface area contributed by atoms with E-state index in [2.05, 4.69) is 4.98 Å². The second-order valence-electron chi connectivity index (χ2n) is 8.29. The average molecular weight is 459 g/mol. The number of benzene rings is 2. The SMILES string of the molecule is CCCCc1nc2c(C)ccc(C(O)c3ccc(-c4ccccc4)c(C(=O)O)c3)n2c1C(=O)O. The molecule has 174 valence electrons. The summed E-state index contributed by atoms with van der Waals surface area (Å²) < 4.78 is 1.48. The third-order valence-corrected chi connectivity index (χ3v) is 5.99. The van der Waals surface area contributed by atoms with Crippen molar-refractivity contribution in [2.75, 3.05) is 0 Å². The number of aromatic carboxylic acids is 2. The van der Waals surface area contributed by atoms with Crippen LogP contribution >= 0.6 is 0 Å². The number of aryl methyl sites for hydroxylation is 2. The number of imidazole rings is 1. The minimum absolute atomic E-state index is 0.0283. The molecular formula is C27H26N2O5. The Bertz CT molecular complexity index is 1380. The Hall–Kier alpha value is -3.97. The fourth-order valence-electron chi connectivity index (χ4n) is 4.24. The van der Waals surface area contributed by atoms with Gasteiger partial charge < -0.3 is 15.3 Å². The second-order valence-corrected chi connectivity index (χ2v) is 8.29. The minimum Gasteiger partial charge on any atom is -0.478 e. The Kier molecular flexibility index (Phi) is 6.47. The number of hydrogen-bond acceptors (Lipinski definition) is 4. The van der Waals surface area contributed by atoms with E-state index in [-0.39, 0.29) is 11.3 Å². The van der Waals surface area contributed by atoms with Crippen molar-refractivity contribution in [3.05, 3.63) is 94.4 Å². The van der Waals surface area contributed by atoms with Crippen LogP contribution < -0.4 is 0 Å². The zero-order valence-corrected chi connectivity index (χ0v) is 19.0. The lowest BCUT2D eigenvalue weighted by atomic mass is 9.95. The fourth-order valence-corrected chi connectivity index (χ4v) is 4.24. The number of rotatable bonds is 8. The van der Waals surface area contributed by atoms with Crippen molar-refractivity contribution >= 4 is 17.6 Å². The number of aliphatic hydroxyl groups is 1. The minimum atomic E-state index is -1.25. The number of fused-ring (bicyclic) bond motifs is 1. The molecule has 7 heteroatoms. The van der Waals surface area contributed by atoms with E-state index >= 15 is 0 Å². The molecule has 7 nitrogen and oxygen atoms in total. The highest BCUT2D eigenvalue weighted by atomic mass is 16.4. The number of nitrogens with zero attached hydrogens (tertiary/aromatic N) is 2. The van der Waals surface area contributed by atoms with Gasteiger partial charge in [-0.3, -0.25) is 4.40 Å². The third kappa shape index (κ3) is 4.18. The number of carbonyl (C=O) groups is 2. The summed E-state index contributed by atoms with van der Waals surface area (Å²) >= 11 is 0. The number of hydrogen-bond donors (Lipinski definition) is 3. The Morgan fingerprint density at radius 1 is 1.00 bits per heavy atom. The predicted octanol–water partition coefficient (Wildman–Crippen LogP) is 5.13. The quantitative estimate of drug-likeness (QED) is 0.337. The highest BCUT2D eigenvalue weighted by molar-refractivity contribution is 5.96. The highest BCUT2D eigenvalue weighted by Crippen LogP contribution is 2.31. The van der Waals surface area contributed by atoms with Crippen LogP contribution in [-0.4, -0.2) is 36.6 Å². The summed E-state index contributed by atoms with van der Waals surface area (Å²) in [6.07, 6.45) is 0.957. The summed E-state index contributed by atoms with van der Waals surface area (Å²) in [6, 6.07) is 17.4. The highest BCUT2D eigenvalue weighted by Gasteiger charge is 2.25. The largest absolute Gasteiger partial charge is 0.478 e. The molecule has 0 fully saturated rings. The number of carboxylic acids is 2. The standard InChI is InChI=1S/C27H26N2O5/c1-3-4-10-21-23(27(33)34)29-22(14-11-16(2)25(29)28-21)24(30)18-12-13-19(20(15-18)26(31)32)17-8-6-5-7-9-17/h5-9,11-15,24,30H,3-4,10H2,1-2H3,(H,31,32)(H,33,34). The monoisotopic (exact) mass is 458 g/mol. The molecule has 34 heavy (non-hydrogen) atoms. The molecule has 0 amide bonds. The third-order valence-electron chi connectivity index (χ3n) is 5.99. The first-order valence-corrected chi connectivity index (χ1v) is 11.2. The van der Waals surface area contributed by atoms with Gasteiger partial charge in [-0.2, -0.15) is 0 Å². The molecule has 0 saturated carbocycles. The molecular weight excluding hydrogens is 432 g/mol. The molecule has 3 N–H and O–H groups in total. The van der Waals surface area contributed by atoms with Crippen molar-refractivity contribution in [2.24, 2.45) is 0 Å². The van der Waals surface area contributed by atoms with Gasteiger partial charge in [0.1, 0.15) is 11.8 Å². The molecule has 0 aliphatic carbocycles. The van der Waals surface area contributed by atoms with Crippen molar-refractivity contribution in [1.82, 2.24) is 9.38 Å². The van der Waals surface area contributed by atoms with Crippen LogP contribution in [0.15, 0.2) is 60.7 Å². The first-order valence-electron chi connectivity index (χ1n) is 11.2. The van der Waals surface area contributed by atoms with E-state index < -0.39 is 18.0 Å². The number of unbranched alkanes of at least 4 members (excludes halogenated alkanes) is 1. The Balaban J connectivity index is 1.88. The van der Waals surface area contributed by atoms with Crippen molar-refractivity contribution in [3.8, 4) is 11.1 Å². The zero-order valence-electron chi connectivity index (χ0n) is 19.0. The first-order chi connectivity index (χ1) is 16.3. The summed E-state index contributed by atoms with van der Waals surface area (Å²) in [7, 11) is 0. The van der Waals surface area contributed by atoms with Gasteiger partial charge in [0.25, 0.3) is 0 Å². The predicted molar refractivity (Wildman–Crippen MR) is 128 cm³/mol. The Labute approximate surface area is 197 Å². The van der Waals surface area contributed by atoms with Crippen LogP contribution in [0, 0.1) is 6.92 Å². The first kappa shape index (κ1) is 23.2. The number of pyridine rings is 1.